The highest BCUT2D eigenvalue weighted by atomic mass is 35.5. The summed E-state index contributed by atoms with van der Waals surface area (Å²) in [5.41, 5.74) is -0.900. The van der Waals surface area contributed by atoms with E-state index >= 15 is 0 Å². The fraction of sp³-hybridized carbons (Fsp3) is 0.200. The molecule has 0 saturated heterocycles. The summed E-state index contributed by atoms with van der Waals surface area (Å²) in [6, 6.07) is 6.74. The van der Waals surface area contributed by atoms with E-state index in [1.165, 1.54) is 25.1 Å². The van der Waals surface area contributed by atoms with Gasteiger partial charge in [0, 0.05) is 6.16 Å². The van der Waals surface area contributed by atoms with Crippen molar-refractivity contribution in [1.29, 1.82) is 0 Å². The quantitative estimate of drug-likeness (QED) is 0.669. The maximum atomic E-state index is 12.6. The summed E-state index contributed by atoms with van der Waals surface area (Å²) in [4.78, 5) is 9.91. The van der Waals surface area contributed by atoms with Crippen LogP contribution in [0.15, 0.2) is 36.4 Å². The second-order valence-electron chi connectivity index (χ2n) is 4.88. The number of rotatable bonds is 4. The third-order valence-electron chi connectivity index (χ3n) is 3.21. The zero-order valence-electron chi connectivity index (χ0n) is 12.3. The number of hydrogen-bond acceptors (Lipinski definition) is 2. The highest BCUT2D eigenvalue weighted by molar-refractivity contribution is 7.66. The molecule has 1 unspecified atom stereocenters. The fourth-order valence-electron chi connectivity index (χ4n) is 1.88. The zero-order valence-corrected chi connectivity index (χ0v) is 14.7. The molecule has 0 saturated carbocycles. The standard InChI is InChI=1S/C15H12Cl2F3O3P/c1-2-24(21,22)14-8-10(4-5-11(14)16)23-13-6-3-9(7-12(13)17)15(18,19)20/h3-8H,2H2,1H3,(H,21,22). The van der Waals surface area contributed by atoms with Crippen molar-refractivity contribution in [3.8, 4) is 11.5 Å². The number of alkyl halides is 3. The van der Waals surface area contributed by atoms with Gasteiger partial charge in [0.15, 0.2) is 0 Å². The average molecular weight is 399 g/mol. The number of ether oxygens (including phenoxy) is 1. The Labute approximate surface area is 146 Å². The zero-order chi connectivity index (χ0) is 18.1. The van der Waals surface area contributed by atoms with Gasteiger partial charge in [0.25, 0.3) is 0 Å². The van der Waals surface area contributed by atoms with Gasteiger partial charge in [-0.2, -0.15) is 13.2 Å². The Morgan fingerprint density at radius 3 is 2.33 bits per heavy atom. The van der Waals surface area contributed by atoms with Crippen LogP contribution in [-0.2, 0) is 10.7 Å². The highest BCUT2D eigenvalue weighted by Crippen LogP contribution is 2.43. The molecule has 0 bridgehead atoms. The summed E-state index contributed by atoms with van der Waals surface area (Å²) >= 11 is 11.7. The molecule has 9 heteroatoms. The van der Waals surface area contributed by atoms with Crippen LogP contribution in [0.25, 0.3) is 0 Å². The Kier molecular flexibility index (Phi) is 5.55. The lowest BCUT2D eigenvalue weighted by Crippen LogP contribution is -2.08. The van der Waals surface area contributed by atoms with Crippen LogP contribution in [0, 0.1) is 0 Å². The van der Waals surface area contributed by atoms with E-state index in [9.17, 15) is 22.6 Å². The van der Waals surface area contributed by atoms with Gasteiger partial charge in [0.1, 0.15) is 11.5 Å². The van der Waals surface area contributed by atoms with Gasteiger partial charge < -0.3 is 9.63 Å². The molecule has 1 atom stereocenters. The van der Waals surface area contributed by atoms with E-state index in [0.717, 1.165) is 18.2 Å². The fourth-order valence-corrected chi connectivity index (χ4v) is 3.69. The van der Waals surface area contributed by atoms with Gasteiger partial charge >= 0.3 is 6.18 Å². The topological polar surface area (TPSA) is 46.5 Å². The largest absolute Gasteiger partial charge is 0.456 e. The van der Waals surface area contributed by atoms with Gasteiger partial charge in [-0.15, -0.1) is 0 Å². The molecule has 0 aliphatic heterocycles. The van der Waals surface area contributed by atoms with Gasteiger partial charge in [0.05, 0.1) is 20.9 Å². The second kappa shape index (κ2) is 6.96. The van der Waals surface area contributed by atoms with Crippen molar-refractivity contribution in [2.24, 2.45) is 0 Å². The average Bonchev–Trinajstić information content (AvgIpc) is 2.50. The molecule has 3 nitrogen and oxygen atoms in total. The maximum Gasteiger partial charge on any atom is 0.416 e. The lowest BCUT2D eigenvalue weighted by molar-refractivity contribution is -0.137. The van der Waals surface area contributed by atoms with E-state index in [0.29, 0.717) is 0 Å². The molecule has 2 aromatic rings. The molecule has 0 amide bonds. The summed E-state index contributed by atoms with van der Waals surface area (Å²) in [7, 11) is -3.63. The molecular formula is C15H12Cl2F3O3P. The SMILES string of the molecule is CCP(=O)(O)c1cc(Oc2ccc(C(F)(F)F)cc2Cl)ccc1Cl. The van der Waals surface area contributed by atoms with Gasteiger partial charge in [0.2, 0.25) is 7.37 Å². The lowest BCUT2D eigenvalue weighted by atomic mass is 10.2. The van der Waals surface area contributed by atoms with Crippen LogP contribution in [0.1, 0.15) is 12.5 Å². The predicted molar refractivity (Wildman–Crippen MR) is 88.0 cm³/mol. The van der Waals surface area contributed by atoms with Gasteiger partial charge in [-0.05, 0) is 36.4 Å². The molecule has 0 heterocycles. The molecule has 0 aliphatic rings. The number of benzene rings is 2. The first-order valence-electron chi connectivity index (χ1n) is 6.71. The van der Waals surface area contributed by atoms with Crippen molar-refractivity contribution in [2.75, 3.05) is 6.16 Å². The second-order valence-corrected chi connectivity index (χ2v) is 8.21. The first-order chi connectivity index (χ1) is 11.0. The summed E-state index contributed by atoms with van der Waals surface area (Å²) in [6.07, 6.45) is -4.53. The molecule has 0 radical (unpaired) electrons. The third-order valence-corrected chi connectivity index (χ3v) is 5.95. The van der Waals surface area contributed by atoms with Crippen molar-refractivity contribution in [1.82, 2.24) is 0 Å². The highest BCUT2D eigenvalue weighted by Gasteiger charge is 2.31. The van der Waals surface area contributed by atoms with Crippen molar-refractivity contribution in [3.63, 3.8) is 0 Å². The smallest absolute Gasteiger partial charge is 0.416 e. The molecule has 0 aromatic heterocycles. The van der Waals surface area contributed by atoms with Crippen LogP contribution in [0.5, 0.6) is 11.5 Å². The van der Waals surface area contributed by atoms with E-state index < -0.39 is 19.1 Å². The molecular weight excluding hydrogens is 387 g/mol. The molecule has 0 spiro atoms. The number of hydrogen-bond donors (Lipinski definition) is 1. The third kappa shape index (κ3) is 4.25. The van der Waals surface area contributed by atoms with Crippen LogP contribution in [-0.4, -0.2) is 11.1 Å². The minimum atomic E-state index is -4.51. The van der Waals surface area contributed by atoms with Crippen molar-refractivity contribution in [3.05, 3.63) is 52.0 Å². The molecule has 2 rings (SSSR count). The van der Waals surface area contributed by atoms with Crippen molar-refractivity contribution < 1.29 is 27.4 Å². The van der Waals surface area contributed by atoms with Crippen LogP contribution in [0.3, 0.4) is 0 Å². The van der Waals surface area contributed by atoms with E-state index in [4.69, 9.17) is 27.9 Å². The Bertz CT molecular complexity index is 809. The summed E-state index contributed by atoms with van der Waals surface area (Å²) in [5.74, 6) is 0.126. The Morgan fingerprint density at radius 2 is 1.79 bits per heavy atom. The Balaban J connectivity index is 2.36. The van der Waals surface area contributed by atoms with Gasteiger partial charge in [-0.3, -0.25) is 4.57 Å². The van der Waals surface area contributed by atoms with Crippen LogP contribution >= 0.6 is 30.6 Å². The van der Waals surface area contributed by atoms with Crippen molar-refractivity contribution >= 4 is 35.9 Å². The number of halogens is 5. The minimum absolute atomic E-state index is 0.0118. The Morgan fingerprint density at radius 1 is 1.12 bits per heavy atom. The first kappa shape index (κ1) is 19.1. The van der Waals surface area contributed by atoms with Crippen LogP contribution in [0.4, 0.5) is 13.2 Å². The first-order valence-corrected chi connectivity index (χ1v) is 9.31. The Hall–Kier alpha value is -1.20. The monoisotopic (exact) mass is 398 g/mol. The molecule has 0 fully saturated rings. The van der Waals surface area contributed by atoms with Crippen molar-refractivity contribution in [2.45, 2.75) is 13.1 Å². The van der Waals surface area contributed by atoms with E-state index in [1.807, 2.05) is 0 Å². The van der Waals surface area contributed by atoms with Crippen LogP contribution < -0.4 is 10.0 Å². The predicted octanol–water partition coefficient (Wildman–Crippen LogP) is 5.72. The summed E-state index contributed by atoms with van der Waals surface area (Å²) in [6.45, 7) is 1.54. The normalized spacial score (nSPS) is 14.3. The maximum absolute atomic E-state index is 12.6. The minimum Gasteiger partial charge on any atom is -0.456 e. The molecule has 24 heavy (non-hydrogen) atoms. The molecule has 1 N–H and O–H groups in total. The van der Waals surface area contributed by atoms with Gasteiger partial charge in [-0.25, -0.2) is 0 Å². The summed E-state index contributed by atoms with van der Waals surface area (Å²) < 4.78 is 55.4. The van der Waals surface area contributed by atoms with Crippen LogP contribution in [0.2, 0.25) is 10.0 Å². The van der Waals surface area contributed by atoms with E-state index in [1.54, 1.807) is 0 Å². The lowest BCUT2D eigenvalue weighted by Gasteiger charge is -2.14. The molecule has 2 aromatic carbocycles. The molecule has 0 aliphatic carbocycles. The van der Waals surface area contributed by atoms with E-state index in [2.05, 4.69) is 0 Å². The van der Waals surface area contributed by atoms with E-state index in [-0.39, 0.29) is 33.0 Å². The van der Waals surface area contributed by atoms with Gasteiger partial charge in [-0.1, -0.05) is 30.1 Å². The molecule has 130 valence electrons. The summed E-state index contributed by atoms with van der Waals surface area (Å²) in [5, 5.41) is -0.107.